The highest BCUT2D eigenvalue weighted by Gasteiger charge is 2.01. The number of anilines is 1. The molecule has 5 heteroatoms. The van der Waals surface area contributed by atoms with Crippen molar-refractivity contribution in [2.75, 3.05) is 11.9 Å². The second-order valence-electron chi connectivity index (χ2n) is 2.28. The Morgan fingerprint density at radius 2 is 2.54 bits per heavy atom. The molecule has 0 radical (unpaired) electrons. The molecule has 0 spiro atoms. The molecule has 2 N–H and O–H groups in total. The molecular weight excluding hydrogens is 170 g/mol. The van der Waals surface area contributed by atoms with Gasteiger partial charge < -0.3 is 10.4 Å². The third-order valence-electron chi connectivity index (χ3n) is 1.37. The Hall–Kier alpha value is -2.09. The summed E-state index contributed by atoms with van der Waals surface area (Å²) in [5.41, 5.74) is 0.823. The van der Waals surface area contributed by atoms with Crippen molar-refractivity contribution >= 4 is 11.7 Å². The minimum absolute atomic E-state index is 0.222. The Morgan fingerprint density at radius 1 is 1.77 bits per heavy atom. The van der Waals surface area contributed by atoms with E-state index >= 15 is 0 Å². The molecule has 13 heavy (non-hydrogen) atoms. The molecule has 0 aliphatic carbocycles. The summed E-state index contributed by atoms with van der Waals surface area (Å²) in [4.78, 5) is 14.0. The van der Waals surface area contributed by atoms with Crippen molar-refractivity contribution in [3.05, 3.63) is 24.0 Å². The maximum Gasteiger partial charge on any atom is 0.322 e. The second kappa shape index (κ2) is 4.07. The van der Waals surface area contributed by atoms with Crippen LogP contribution in [-0.2, 0) is 4.79 Å². The van der Waals surface area contributed by atoms with E-state index in [1.165, 1.54) is 18.5 Å². The van der Waals surface area contributed by atoms with Gasteiger partial charge in [0.2, 0.25) is 0 Å². The zero-order chi connectivity index (χ0) is 9.68. The van der Waals surface area contributed by atoms with E-state index in [2.05, 4.69) is 10.3 Å². The molecule has 0 aliphatic heterocycles. The third-order valence-corrected chi connectivity index (χ3v) is 1.37. The number of aromatic nitrogens is 1. The summed E-state index contributed by atoms with van der Waals surface area (Å²) in [6.45, 7) is -0.222. The Balaban J connectivity index is 2.77. The van der Waals surface area contributed by atoms with Crippen LogP contribution in [0.3, 0.4) is 0 Å². The number of carbonyl (C=O) groups is 1. The van der Waals surface area contributed by atoms with E-state index in [0.29, 0.717) is 11.3 Å². The SMILES string of the molecule is N#Cc1ccncc1NCC(=O)O. The number of nitriles is 1. The lowest BCUT2D eigenvalue weighted by Gasteiger charge is -2.03. The van der Waals surface area contributed by atoms with Crippen LogP contribution in [0.25, 0.3) is 0 Å². The van der Waals surface area contributed by atoms with E-state index in [1.54, 1.807) is 0 Å². The topological polar surface area (TPSA) is 86.0 Å². The van der Waals surface area contributed by atoms with Crippen LogP contribution in [0.15, 0.2) is 18.5 Å². The lowest BCUT2D eigenvalue weighted by Crippen LogP contribution is -2.13. The van der Waals surface area contributed by atoms with Gasteiger partial charge in [-0.1, -0.05) is 0 Å². The summed E-state index contributed by atoms with van der Waals surface area (Å²) in [6.07, 6.45) is 2.89. The van der Waals surface area contributed by atoms with E-state index in [4.69, 9.17) is 10.4 Å². The Bertz CT molecular complexity index is 357. The maximum atomic E-state index is 10.2. The molecule has 0 aliphatic rings. The molecule has 0 saturated heterocycles. The zero-order valence-electron chi connectivity index (χ0n) is 6.69. The first-order chi connectivity index (χ1) is 6.24. The van der Waals surface area contributed by atoms with Gasteiger partial charge in [-0.3, -0.25) is 9.78 Å². The number of nitrogens with one attached hydrogen (secondary N) is 1. The molecule has 1 aromatic rings. The van der Waals surface area contributed by atoms with Crippen LogP contribution in [0.2, 0.25) is 0 Å². The number of carboxylic acid groups (broad SMARTS) is 1. The van der Waals surface area contributed by atoms with E-state index in [1.807, 2.05) is 6.07 Å². The first kappa shape index (κ1) is 9.00. The van der Waals surface area contributed by atoms with Crippen LogP contribution in [0.4, 0.5) is 5.69 Å². The molecule has 1 rings (SSSR count). The van der Waals surface area contributed by atoms with Gasteiger partial charge in [0.15, 0.2) is 0 Å². The molecule has 66 valence electrons. The fourth-order valence-electron chi connectivity index (χ4n) is 0.804. The third kappa shape index (κ3) is 2.45. The number of rotatable bonds is 3. The van der Waals surface area contributed by atoms with E-state index < -0.39 is 5.97 Å². The average molecular weight is 177 g/mol. The standard InChI is InChI=1S/C8H7N3O2/c9-3-6-1-2-10-4-7(6)11-5-8(12)13/h1-2,4,11H,5H2,(H,12,13). The Morgan fingerprint density at radius 3 is 3.15 bits per heavy atom. The van der Waals surface area contributed by atoms with Crippen LogP contribution >= 0.6 is 0 Å². The van der Waals surface area contributed by atoms with Crippen molar-refractivity contribution in [3.8, 4) is 6.07 Å². The Kier molecular flexibility index (Phi) is 2.82. The molecule has 0 fully saturated rings. The highest BCUT2D eigenvalue weighted by Crippen LogP contribution is 2.10. The summed E-state index contributed by atoms with van der Waals surface area (Å²) < 4.78 is 0. The van der Waals surface area contributed by atoms with Gasteiger partial charge in [-0.05, 0) is 6.07 Å². The molecule has 0 unspecified atom stereocenters. The van der Waals surface area contributed by atoms with Gasteiger partial charge in [0.25, 0.3) is 0 Å². The average Bonchev–Trinajstić information content (AvgIpc) is 2.15. The van der Waals surface area contributed by atoms with Gasteiger partial charge in [0.05, 0.1) is 17.4 Å². The normalized spacial score (nSPS) is 8.85. The van der Waals surface area contributed by atoms with Crippen molar-refractivity contribution in [1.82, 2.24) is 4.98 Å². The van der Waals surface area contributed by atoms with Gasteiger partial charge in [-0.2, -0.15) is 5.26 Å². The molecular formula is C8H7N3O2. The van der Waals surface area contributed by atoms with Crippen molar-refractivity contribution in [2.45, 2.75) is 0 Å². The second-order valence-corrected chi connectivity index (χ2v) is 2.28. The summed E-state index contributed by atoms with van der Waals surface area (Å²) in [5.74, 6) is -0.979. The predicted molar refractivity (Wildman–Crippen MR) is 45.1 cm³/mol. The van der Waals surface area contributed by atoms with Gasteiger partial charge in [0, 0.05) is 6.20 Å². The summed E-state index contributed by atoms with van der Waals surface area (Å²) in [5, 5.41) is 19.6. The molecule has 0 atom stereocenters. The molecule has 1 aromatic heterocycles. The van der Waals surface area contributed by atoms with Crippen molar-refractivity contribution in [2.24, 2.45) is 0 Å². The van der Waals surface area contributed by atoms with Crippen molar-refractivity contribution in [3.63, 3.8) is 0 Å². The van der Waals surface area contributed by atoms with E-state index in [0.717, 1.165) is 0 Å². The number of carboxylic acids is 1. The molecule has 1 heterocycles. The van der Waals surface area contributed by atoms with Gasteiger partial charge in [0.1, 0.15) is 12.6 Å². The van der Waals surface area contributed by atoms with Crippen molar-refractivity contribution < 1.29 is 9.90 Å². The van der Waals surface area contributed by atoms with Crippen LogP contribution in [0.1, 0.15) is 5.56 Å². The first-order valence-electron chi connectivity index (χ1n) is 3.54. The quantitative estimate of drug-likeness (QED) is 0.700. The largest absolute Gasteiger partial charge is 0.480 e. The molecule has 5 nitrogen and oxygen atoms in total. The summed E-state index contributed by atoms with van der Waals surface area (Å²) >= 11 is 0. The van der Waals surface area contributed by atoms with Crippen LogP contribution in [0.5, 0.6) is 0 Å². The first-order valence-corrected chi connectivity index (χ1v) is 3.54. The van der Waals surface area contributed by atoms with Crippen LogP contribution < -0.4 is 5.32 Å². The lowest BCUT2D eigenvalue weighted by atomic mass is 10.2. The number of aliphatic carboxylic acids is 1. The van der Waals surface area contributed by atoms with Crippen molar-refractivity contribution in [1.29, 1.82) is 5.26 Å². The van der Waals surface area contributed by atoms with Crippen LogP contribution in [-0.4, -0.2) is 22.6 Å². The highest BCUT2D eigenvalue weighted by molar-refractivity contribution is 5.73. The Labute approximate surface area is 74.6 Å². The van der Waals surface area contributed by atoms with Crippen LogP contribution in [0, 0.1) is 11.3 Å². The summed E-state index contributed by atoms with van der Waals surface area (Å²) in [7, 11) is 0. The number of hydrogen-bond acceptors (Lipinski definition) is 4. The smallest absolute Gasteiger partial charge is 0.322 e. The molecule has 0 amide bonds. The molecule has 0 saturated carbocycles. The predicted octanol–water partition coefficient (Wildman–Crippen LogP) is 0.450. The van der Waals surface area contributed by atoms with Gasteiger partial charge in [-0.15, -0.1) is 0 Å². The van der Waals surface area contributed by atoms with E-state index in [9.17, 15) is 4.79 Å². The molecule has 0 aromatic carbocycles. The maximum absolute atomic E-state index is 10.2. The fraction of sp³-hybridized carbons (Fsp3) is 0.125. The highest BCUT2D eigenvalue weighted by atomic mass is 16.4. The minimum atomic E-state index is -0.979. The molecule has 0 bridgehead atoms. The summed E-state index contributed by atoms with van der Waals surface area (Å²) in [6, 6.07) is 3.44. The van der Waals surface area contributed by atoms with E-state index in [-0.39, 0.29) is 6.54 Å². The number of nitrogens with zero attached hydrogens (tertiary/aromatic N) is 2. The number of hydrogen-bond donors (Lipinski definition) is 2. The number of pyridine rings is 1. The van der Waals surface area contributed by atoms with Gasteiger partial charge >= 0.3 is 5.97 Å². The van der Waals surface area contributed by atoms with Gasteiger partial charge in [-0.25, -0.2) is 0 Å². The monoisotopic (exact) mass is 177 g/mol. The fourth-order valence-corrected chi connectivity index (χ4v) is 0.804. The lowest BCUT2D eigenvalue weighted by molar-refractivity contribution is -0.134. The zero-order valence-corrected chi connectivity index (χ0v) is 6.69. The minimum Gasteiger partial charge on any atom is -0.480 e.